The minimum atomic E-state index is -0.394. The molecule has 1 aliphatic carbocycles. The Kier molecular flexibility index (Phi) is 2.76. The van der Waals surface area contributed by atoms with Gasteiger partial charge in [-0.05, 0) is 31.4 Å². The molecule has 0 aromatic carbocycles. The molecule has 0 atom stereocenters. The molecule has 0 amide bonds. The summed E-state index contributed by atoms with van der Waals surface area (Å²) in [6, 6.07) is 5.37. The van der Waals surface area contributed by atoms with Gasteiger partial charge < -0.3 is 9.26 Å². The van der Waals surface area contributed by atoms with E-state index in [1.807, 2.05) is 6.07 Å². The van der Waals surface area contributed by atoms with E-state index in [-0.39, 0.29) is 0 Å². The van der Waals surface area contributed by atoms with Crippen LogP contribution in [0.3, 0.4) is 0 Å². The Bertz CT molecular complexity index is 617. The summed E-state index contributed by atoms with van der Waals surface area (Å²) in [7, 11) is 1.66. The van der Waals surface area contributed by atoms with E-state index in [1.165, 1.54) is 6.20 Å². The zero-order valence-electron chi connectivity index (χ0n) is 10.5. The van der Waals surface area contributed by atoms with Crippen molar-refractivity contribution >= 4 is 0 Å². The maximum atomic E-state index is 8.72. The second-order valence-electron chi connectivity index (χ2n) is 4.52. The van der Waals surface area contributed by atoms with Crippen molar-refractivity contribution in [3.63, 3.8) is 0 Å². The molecule has 0 N–H and O–H groups in total. The lowest BCUT2D eigenvalue weighted by molar-refractivity contribution is -0.0858. The van der Waals surface area contributed by atoms with E-state index in [4.69, 9.17) is 14.5 Å². The number of methoxy groups -OCH3 is 1. The normalized spacial score (nSPS) is 16.6. The molecule has 6 nitrogen and oxygen atoms in total. The van der Waals surface area contributed by atoms with Crippen molar-refractivity contribution in [3.8, 4) is 17.7 Å². The highest BCUT2D eigenvalue weighted by molar-refractivity contribution is 5.48. The molecule has 0 aliphatic heterocycles. The molecule has 0 saturated heterocycles. The van der Waals surface area contributed by atoms with Gasteiger partial charge in [0.25, 0.3) is 5.89 Å². The van der Waals surface area contributed by atoms with E-state index < -0.39 is 5.60 Å². The molecule has 1 fully saturated rings. The van der Waals surface area contributed by atoms with Crippen LogP contribution >= 0.6 is 0 Å². The lowest BCUT2D eigenvalue weighted by Crippen LogP contribution is -2.37. The summed E-state index contributed by atoms with van der Waals surface area (Å²) >= 11 is 0. The van der Waals surface area contributed by atoms with Crippen LogP contribution in [-0.4, -0.2) is 22.2 Å². The Hall–Kier alpha value is -2.26. The van der Waals surface area contributed by atoms with Gasteiger partial charge in [0.15, 0.2) is 0 Å². The number of rotatable bonds is 3. The minimum Gasteiger partial charge on any atom is -0.370 e. The van der Waals surface area contributed by atoms with Gasteiger partial charge in [0.1, 0.15) is 17.4 Å². The molecule has 0 unspecified atom stereocenters. The van der Waals surface area contributed by atoms with E-state index in [0.29, 0.717) is 23.0 Å². The third kappa shape index (κ3) is 1.88. The maximum absolute atomic E-state index is 8.72. The molecule has 0 bridgehead atoms. The summed E-state index contributed by atoms with van der Waals surface area (Å²) in [5.41, 5.74) is 0.660. The number of nitrogens with zero attached hydrogens (tertiary/aromatic N) is 4. The summed E-state index contributed by atoms with van der Waals surface area (Å²) in [6.07, 6.45) is 4.40. The Balaban J connectivity index is 1.90. The van der Waals surface area contributed by atoms with Crippen molar-refractivity contribution in [2.75, 3.05) is 7.11 Å². The summed E-state index contributed by atoms with van der Waals surface area (Å²) in [4.78, 5) is 8.48. The van der Waals surface area contributed by atoms with Crippen LogP contribution in [0.5, 0.6) is 0 Å². The summed E-state index contributed by atoms with van der Waals surface area (Å²) in [6.45, 7) is 0. The highest BCUT2D eigenvalue weighted by atomic mass is 16.5. The van der Waals surface area contributed by atoms with Gasteiger partial charge in [-0.3, -0.25) is 0 Å². The highest BCUT2D eigenvalue weighted by Gasteiger charge is 2.43. The molecule has 1 aliphatic rings. The van der Waals surface area contributed by atoms with Crippen LogP contribution in [0.25, 0.3) is 11.6 Å². The number of ether oxygens (including phenoxy) is 1. The average molecular weight is 256 g/mol. The monoisotopic (exact) mass is 256 g/mol. The van der Waals surface area contributed by atoms with Gasteiger partial charge in [-0.2, -0.15) is 10.2 Å². The Morgan fingerprint density at radius 1 is 1.42 bits per heavy atom. The van der Waals surface area contributed by atoms with Gasteiger partial charge in [0.05, 0.1) is 5.56 Å². The smallest absolute Gasteiger partial charge is 0.276 e. The van der Waals surface area contributed by atoms with E-state index in [2.05, 4.69) is 15.1 Å². The fraction of sp³-hybridized carbons (Fsp3) is 0.385. The second-order valence-corrected chi connectivity index (χ2v) is 4.52. The van der Waals surface area contributed by atoms with Crippen LogP contribution in [0.2, 0.25) is 0 Å². The molecule has 1 saturated carbocycles. The first-order valence-electron chi connectivity index (χ1n) is 6.03. The standard InChI is InChI=1S/C13H12N4O2/c1-18-13(5-2-6-13)12-16-11(19-17-12)10-4-3-9(7-14)8-15-10/h3-4,8H,2,5-6H2,1H3. The number of aromatic nitrogens is 3. The molecular formula is C13H12N4O2. The third-order valence-corrected chi connectivity index (χ3v) is 3.50. The zero-order valence-corrected chi connectivity index (χ0v) is 10.5. The molecule has 0 radical (unpaired) electrons. The SMILES string of the molecule is COC1(c2noc(-c3ccc(C#N)cn3)n2)CCC1. The minimum absolute atomic E-state index is 0.350. The molecule has 2 aromatic rings. The second kappa shape index (κ2) is 4.44. The van der Waals surface area contributed by atoms with Crippen molar-refractivity contribution in [2.24, 2.45) is 0 Å². The Labute approximate surface area is 110 Å². The number of pyridine rings is 1. The molecule has 2 heterocycles. The first-order valence-corrected chi connectivity index (χ1v) is 6.03. The predicted octanol–water partition coefficient (Wildman–Crippen LogP) is 2.03. The van der Waals surface area contributed by atoms with Crippen molar-refractivity contribution in [1.29, 1.82) is 5.26 Å². The van der Waals surface area contributed by atoms with Gasteiger partial charge in [-0.15, -0.1) is 0 Å². The Morgan fingerprint density at radius 3 is 2.79 bits per heavy atom. The largest absolute Gasteiger partial charge is 0.370 e. The average Bonchev–Trinajstić information content (AvgIpc) is 2.88. The quantitative estimate of drug-likeness (QED) is 0.835. The van der Waals surface area contributed by atoms with Crippen molar-refractivity contribution in [1.82, 2.24) is 15.1 Å². The van der Waals surface area contributed by atoms with Gasteiger partial charge in [-0.25, -0.2) is 4.98 Å². The van der Waals surface area contributed by atoms with E-state index in [0.717, 1.165) is 19.3 Å². The van der Waals surface area contributed by atoms with Gasteiger partial charge in [0, 0.05) is 13.3 Å². The van der Waals surface area contributed by atoms with Crippen LogP contribution < -0.4 is 0 Å². The van der Waals surface area contributed by atoms with Gasteiger partial charge in [-0.1, -0.05) is 5.16 Å². The summed E-state index contributed by atoms with van der Waals surface area (Å²) in [5, 5.41) is 12.7. The maximum Gasteiger partial charge on any atom is 0.276 e. The number of hydrogen-bond donors (Lipinski definition) is 0. The van der Waals surface area contributed by atoms with Gasteiger partial charge in [0.2, 0.25) is 5.82 Å². The lowest BCUT2D eigenvalue weighted by atomic mass is 9.79. The molecule has 96 valence electrons. The fourth-order valence-electron chi connectivity index (χ4n) is 2.12. The van der Waals surface area contributed by atoms with Crippen LogP contribution in [-0.2, 0) is 10.3 Å². The van der Waals surface area contributed by atoms with Crippen LogP contribution in [0.1, 0.15) is 30.7 Å². The summed E-state index contributed by atoms with van der Waals surface area (Å²) < 4.78 is 10.7. The van der Waals surface area contributed by atoms with E-state index in [9.17, 15) is 0 Å². The summed E-state index contributed by atoms with van der Waals surface area (Å²) in [5.74, 6) is 0.922. The first-order chi connectivity index (χ1) is 9.27. The molecule has 3 rings (SSSR count). The highest BCUT2D eigenvalue weighted by Crippen LogP contribution is 2.43. The third-order valence-electron chi connectivity index (χ3n) is 3.50. The number of nitriles is 1. The van der Waals surface area contributed by atoms with Crippen molar-refractivity contribution < 1.29 is 9.26 Å². The molecule has 6 heteroatoms. The zero-order chi connectivity index (χ0) is 13.3. The van der Waals surface area contributed by atoms with Crippen molar-refractivity contribution in [3.05, 3.63) is 29.7 Å². The van der Waals surface area contributed by atoms with Crippen molar-refractivity contribution in [2.45, 2.75) is 24.9 Å². The van der Waals surface area contributed by atoms with Crippen LogP contribution in [0.4, 0.5) is 0 Å². The molecule has 0 spiro atoms. The van der Waals surface area contributed by atoms with Crippen LogP contribution in [0.15, 0.2) is 22.9 Å². The van der Waals surface area contributed by atoms with Gasteiger partial charge >= 0.3 is 0 Å². The lowest BCUT2D eigenvalue weighted by Gasteiger charge is -2.37. The molecule has 2 aromatic heterocycles. The number of hydrogen-bond acceptors (Lipinski definition) is 6. The fourth-order valence-corrected chi connectivity index (χ4v) is 2.12. The first kappa shape index (κ1) is 11.8. The molecule has 19 heavy (non-hydrogen) atoms. The molecular weight excluding hydrogens is 244 g/mol. The predicted molar refractivity (Wildman–Crippen MR) is 64.8 cm³/mol. The van der Waals surface area contributed by atoms with E-state index in [1.54, 1.807) is 19.2 Å². The topological polar surface area (TPSA) is 84.8 Å². The Morgan fingerprint density at radius 2 is 2.26 bits per heavy atom. The van der Waals surface area contributed by atoms with E-state index >= 15 is 0 Å². The van der Waals surface area contributed by atoms with Crippen LogP contribution in [0, 0.1) is 11.3 Å².